The summed E-state index contributed by atoms with van der Waals surface area (Å²) in [7, 11) is 0. The van der Waals surface area contributed by atoms with Gasteiger partial charge in [0.2, 0.25) is 0 Å². The lowest BCUT2D eigenvalue weighted by molar-refractivity contribution is 0.390. The largest absolute Gasteiger partial charge is 0.368 e. The first-order valence-electron chi connectivity index (χ1n) is 8.18. The number of thiocarbonyl (C=S) groups is 1. The topological polar surface area (TPSA) is 18.5 Å². The summed E-state index contributed by atoms with van der Waals surface area (Å²) < 4.78 is 0. The molecule has 1 fully saturated rings. The van der Waals surface area contributed by atoms with Crippen molar-refractivity contribution < 1.29 is 0 Å². The summed E-state index contributed by atoms with van der Waals surface area (Å²) in [4.78, 5) is 4.65. The average molecular weight is 360 g/mol. The molecule has 24 heavy (non-hydrogen) atoms. The van der Waals surface area contributed by atoms with E-state index in [1.165, 1.54) is 16.8 Å². The maximum atomic E-state index is 6.19. The zero-order chi connectivity index (χ0) is 17.1. The Morgan fingerprint density at radius 1 is 1.00 bits per heavy atom. The summed E-state index contributed by atoms with van der Waals surface area (Å²) in [6.45, 7) is 8.11. The highest BCUT2D eigenvalue weighted by molar-refractivity contribution is 7.80. The monoisotopic (exact) mass is 359 g/mol. The number of halogens is 1. The van der Waals surface area contributed by atoms with E-state index in [4.69, 9.17) is 23.8 Å². The van der Waals surface area contributed by atoms with Crippen molar-refractivity contribution in [2.45, 2.75) is 13.8 Å². The molecule has 1 N–H and O–H groups in total. The van der Waals surface area contributed by atoms with Gasteiger partial charge in [0.15, 0.2) is 5.11 Å². The van der Waals surface area contributed by atoms with Gasteiger partial charge in [0.1, 0.15) is 0 Å². The van der Waals surface area contributed by atoms with Crippen molar-refractivity contribution >= 4 is 40.3 Å². The predicted octanol–water partition coefficient (Wildman–Crippen LogP) is 4.48. The highest BCUT2D eigenvalue weighted by Crippen LogP contribution is 2.25. The molecular formula is C19H22ClN3S. The second kappa shape index (κ2) is 7.41. The van der Waals surface area contributed by atoms with Crippen molar-refractivity contribution in [3.05, 3.63) is 58.6 Å². The number of hydrogen-bond donors (Lipinski definition) is 1. The van der Waals surface area contributed by atoms with Crippen molar-refractivity contribution in [1.82, 2.24) is 4.90 Å². The van der Waals surface area contributed by atoms with Crippen LogP contribution in [0.1, 0.15) is 11.1 Å². The number of benzene rings is 2. The first kappa shape index (κ1) is 17.1. The van der Waals surface area contributed by atoms with E-state index in [2.05, 4.69) is 47.2 Å². The number of nitrogens with one attached hydrogen (secondary N) is 1. The summed E-state index contributed by atoms with van der Waals surface area (Å²) in [5.74, 6) is 0. The molecule has 5 heteroatoms. The Bertz CT molecular complexity index is 739. The number of piperazine rings is 1. The highest BCUT2D eigenvalue weighted by Gasteiger charge is 2.20. The van der Waals surface area contributed by atoms with Gasteiger partial charge in [-0.1, -0.05) is 35.9 Å². The number of aryl methyl sites for hydroxylation is 1. The van der Waals surface area contributed by atoms with Gasteiger partial charge in [0.25, 0.3) is 0 Å². The van der Waals surface area contributed by atoms with E-state index in [1.54, 1.807) is 0 Å². The Labute approximate surface area is 154 Å². The van der Waals surface area contributed by atoms with Crippen LogP contribution in [-0.2, 0) is 0 Å². The van der Waals surface area contributed by atoms with Gasteiger partial charge in [-0.3, -0.25) is 0 Å². The molecule has 0 bridgehead atoms. The number of para-hydroxylation sites is 1. The van der Waals surface area contributed by atoms with Crippen molar-refractivity contribution in [3.63, 3.8) is 0 Å². The van der Waals surface area contributed by atoms with E-state index in [-0.39, 0.29) is 0 Å². The second-order valence-electron chi connectivity index (χ2n) is 6.10. The van der Waals surface area contributed by atoms with Gasteiger partial charge in [0, 0.05) is 31.9 Å². The number of nitrogens with zero attached hydrogens (tertiary/aromatic N) is 2. The molecule has 0 spiro atoms. The van der Waals surface area contributed by atoms with E-state index in [0.717, 1.165) is 37.0 Å². The van der Waals surface area contributed by atoms with Gasteiger partial charge in [0.05, 0.1) is 10.7 Å². The quantitative estimate of drug-likeness (QED) is 0.797. The fourth-order valence-electron chi connectivity index (χ4n) is 2.99. The SMILES string of the molecule is Cc1cccc(N2CCN(C(=S)Nc3ccccc3Cl)CC2)c1C. The molecular weight excluding hydrogens is 338 g/mol. The van der Waals surface area contributed by atoms with E-state index in [1.807, 2.05) is 24.3 Å². The van der Waals surface area contributed by atoms with Gasteiger partial charge in [-0.25, -0.2) is 0 Å². The molecule has 126 valence electrons. The van der Waals surface area contributed by atoms with Crippen LogP contribution in [0, 0.1) is 13.8 Å². The lowest BCUT2D eigenvalue weighted by Gasteiger charge is -2.38. The van der Waals surface area contributed by atoms with Crippen LogP contribution in [0.5, 0.6) is 0 Å². The molecule has 1 heterocycles. The smallest absolute Gasteiger partial charge is 0.173 e. The molecule has 3 rings (SSSR count). The molecule has 1 aliphatic heterocycles. The highest BCUT2D eigenvalue weighted by atomic mass is 35.5. The Morgan fingerprint density at radius 2 is 1.71 bits per heavy atom. The van der Waals surface area contributed by atoms with Crippen LogP contribution in [0.2, 0.25) is 5.02 Å². The Hall–Kier alpha value is -1.78. The zero-order valence-corrected chi connectivity index (χ0v) is 15.6. The number of rotatable bonds is 2. The predicted molar refractivity (Wildman–Crippen MR) is 107 cm³/mol. The van der Waals surface area contributed by atoms with E-state index in [9.17, 15) is 0 Å². The van der Waals surface area contributed by atoms with Crippen molar-refractivity contribution in [1.29, 1.82) is 0 Å². The Balaban J connectivity index is 1.62. The van der Waals surface area contributed by atoms with Gasteiger partial charge in [-0.15, -0.1) is 0 Å². The molecule has 0 atom stereocenters. The van der Waals surface area contributed by atoms with Crippen molar-refractivity contribution in [2.24, 2.45) is 0 Å². The fourth-order valence-corrected chi connectivity index (χ4v) is 3.46. The summed E-state index contributed by atoms with van der Waals surface area (Å²) in [5.41, 5.74) is 4.90. The Morgan fingerprint density at radius 3 is 2.42 bits per heavy atom. The fraction of sp³-hybridized carbons (Fsp3) is 0.316. The molecule has 0 aliphatic carbocycles. The van der Waals surface area contributed by atoms with E-state index < -0.39 is 0 Å². The first-order valence-corrected chi connectivity index (χ1v) is 8.96. The zero-order valence-electron chi connectivity index (χ0n) is 14.1. The van der Waals surface area contributed by atoms with Gasteiger partial charge < -0.3 is 15.1 Å². The van der Waals surface area contributed by atoms with Crippen LogP contribution in [0.4, 0.5) is 11.4 Å². The molecule has 1 aliphatic rings. The minimum Gasteiger partial charge on any atom is -0.368 e. The van der Waals surface area contributed by atoms with Crippen LogP contribution in [0.3, 0.4) is 0 Å². The molecule has 2 aromatic rings. The molecule has 0 saturated carbocycles. The molecule has 0 aromatic heterocycles. The van der Waals surface area contributed by atoms with Crippen LogP contribution < -0.4 is 10.2 Å². The molecule has 1 saturated heterocycles. The van der Waals surface area contributed by atoms with Crippen LogP contribution >= 0.6 is 23.8 Å². The standard InChI is InChI=1S/C19H22ClN3S/c1-14-6-5-9-18(15(14)2)22-10-12-23(13-11-22)19(24)21-17-8-4-3-7-16(17)20/h3-9H,10-13H2,1-2H3,(H,21,24). The van der Waals surface area contributed by atoms with Crippen molar-refractivity contribution in [2.75, 3.05) is 36.4 Å². The summed E-state index contributed by atoms with van der Waals surface area (Å²) in [6.07, 6.45) is 0. The minimum absolute atomic E-state index is 0.689. The van der Waals surface area contributed by atoms with Gasteiger partial charge >= 0.3 is 0 Å². The summed E-state index contributed by atoms with van der Waals surface area (Å²) in [5, 5.41) is 4.69. The van der Waals surface area contributed by atoms with Gasteiger partial charge in [-0.2, -0.15) is 0 Å². The summed E-state index contributed by atoms with van der Waals surface area (Å²) >= 11 is 11.7. The molecule has 2 aromatic carbocycles. The minimum atomic E-state index is 0.689. The first-order chi connectivity index (χ1) is 11.6. The molecule has 3 nitrogen and oxygen atoms in total. The average Bonchev–Trinajstić information content (AvgIpc) is 2.59. The maximum Gasteiger partial charge on any atom is 0.173 e. The third-order valence-electron chi connectivity index (χ3n) is 4.60. The van der Waals surface area contributed by atoms with Gasteiger partial charge in [-0.05, 0) is 55.4 Å². The molecule has 0 unspecified atom stereocenters. The third-order valence-corrected chi connectivity index (χ3v) is 5.29. The maximum absolute atomic E-state index is 6.19. The van der Waals surface area contributed by atoms with Crippen LogP contribution in [0.15, 0.2) is 42.5 Å². The van der Waals surface area contributed by atoms with Crippen molar-refractivity contribution in [3.8, 4) is 0 Å². The van der Waals surface area contributed by atoms with Crippen LogP contribution in [0.25, 0.3) is 0 Å². The Kier molecular flexibility index (Phi) is 5.27. The summed E-state index contributed by atoms with van der Waals surface area (Å²) in [6, 6.07) is 14.2. The molecule has 0 amide bonds. The van der Waals surface area contributed by atoms with E-state index >= 15 is 0 Å². The van der Waals surface area contributed by atoms with E-state index in [0.29, 0.717) is 5.02 Å². The number of anilines is 2. The number of hydrogen-bond acceptors (Lipinski definition) is 2. The lowest BCUT2D eigenvalue weighted by Crippen LogP contribution is -2.50. The lowest BCUT2D eigenvalue weighted by atomic mass is 10.1. The second-order valence-corrected chi connectivity index (χ2v) is 6.90. The van der Waals surface area contributed by atoms with Crippen LogP contribution in [-0.4, -0.2) is 36.2 Å². The third kappa shape index (κ3) is 3.65. The normalized spacial score (nSPS) is 14.6. The molecule has 0 radical (unpaired) electrons.